The van der Waals surface area contributed by atoms with Crippen LogP contribution >= 0.6 is 11.8 Å². The highest BCUT2D eigenvalue weighted by atomic mass is 32.2. The monoisotopic (exact) mass is 237 g/mol. The molecule has 1 fully saturated rings. The Morgan fingerprint density at radius 2 is 1.94 bits per heavy atom. The van der Waals surface area contributed by atoms with Gasteiger partial charge in [-0.25, -0.2) is 0 Å². The van der Waals surface area contributed by atoms with Crippen LogP contribution in [0.4, 0.5) is 0 Å². The van der Waals surface area contributed by atoms with Gasteiger partial charge in [0.25, 0.3) is 0 Å². The third kappa shape index (κ3) is 3.99. The lowest BCUT2D eigenvalue weighted by molar-refractivity contribution is 0.108. The van der Waals surface area contributed by atoms with Crippen molar-refractivity contribution in [3.8, 4) is 0 Å². The van der Waals surface area contributed by atoms with Gasteiger partial charge < -0.3 is 5.32 Å². The zero-order valence-corrected chi connectivity index (χ0v) is 10.7. The largest absolute Gasteiger partial charge is 0.316 e. The summed E-state index contributed by atoms with van der Waals surface area (Å²) in [7, 11) is 0. The summed E-state index contributed by atoms with van der Waals surface area (Å²) in [5, 5.41) is 3.39. The Kier molecular flexibility index (Phi) is 6.19. The van der Waals surface area contributed by atoms with E-state index >= 15 is 0 Å². The highest BCUT2D eigenvalue weighted by molar-refractivity contribution is 8.14. The zero-order valence-electron chi connectivity index (χ0n) is 9.90. The van der Waals surface area contributed by atoms with Crippen molar-refractivity contribution in [2.45, 2.75) is 13.8 Å². The van der Waals surface area contributed by atoms with Crippen LogP contribution in [0.1, 0.15) is 24.2 Å². The molecule has 1 aromatic rings. The predicted molar refractivity (Wildman–Crippen MR) is 70.9 cm³/mol. The summed E-state index contributed by atoms with van der Waals surface area (Å²) < 4.78 is 0. The second kappa shape index (κ2) is 7.47. The van der Waals surface area contributed by atoms with Crippen LogP contribution in [0.15, 0.2) is 30.3 Å². The molecule has 0 aromatic heterocycles. The van der Waals surface area contributed by atoms with Crippen LogP contribution < -0.4 is 5.32 Å². The molecule has 0 aliphatic carbocycles. The number of carbonyl (C=O) groups excluding carboxylic acids is 1. The summed E-state index contributed by atoms with van der Waals surface area (Å²) in [5.74, 6) is 1.63. The van der Waals surface area contributed by atoms with Crippen LogP contribution in [0.2, 0.25) is 0 Å². The summed E-state index contributed by atoms with van der Waals surface area (Å²) in [4.78, 5) is 11.6. The van der Waals surface area contributed by atoms with E-state index < -0.39 is 0 Å². The molecule has 0 saturated carbocycles. The smallest absolute Gasteiger partial charge is 0.219 e. The zero-order chi connectivity index (χ0) is 11.8. The second-order valence-corrected chi connectivity index (χ2v) is 4.48. The lowest BCUT2D eigenvalue weighted by Gasteiger charge is -2.26. The van der Waals surface area contributed by atoms with Crippen molar-refractivity contribution in [3.63, 3.8) is 0 Å². The van der Waals surface area contributed by atoms with Gasteiger partial charge in [0.05, 0.1) is 0 Å². The normalized spacial score (nSPS) is 14.6. The molecule has 1 saturated heterocycles. The van der Waals surface area contributed by atoms with E-state index in [1.165, 1.54) is 11.8 Å². The second-order valence-electron chi connectivity index (χ2n) is 3.49. The molecule has 16 heavy (non-hydrogen) atoms. The lowest BCUT2D eigenvalue weighted by atomic mass is 10.1. The SMILES string of the molecule is CC.O=C(SCC1CNC1)c1ccccc1. The minimum Gasteiger partial charge on any atom is -0.316 e. The first kappa shape index (κ1) is 13.3. The summed E-state index contributed by atoms with van der Waals surface area (Å²) >= 11 is 1.43. The maximum atomic E-state index is 11.6. The molecular weight excluding hydrogens is 218 g/mol. The van der Waals surface area contributed by atoms with E-state index in [4.69, 9.17) is 0 Å². The molecule has 0 bridgehead atoms. The van der Waals surface area contributed by atoms with Gasteiger partial charge in [-0.05, 0) is 19.0 Å². The number of thioether (sulfide) groups is 1. The molecule has 0 radical (unpaired) electrons. The topological polar surface area (TPSA) is 29.1 Å². The first-order valence-corrected chi connectivity index (χ1v) is 6.78. The predicted octanol–water partition coefficient (Wildman–Crippen LogP) is 2.81. The van der Waals surface area contributed by atoms with Crippen molar-refractivity contribution in [3.05, 3.63) is 35.9 Å². The van der Waals surface area contributed by atoms with Crippen LogP contribution in [0.5, 0.6) is 0 Å². The third-order valence-electron chi connectivity index (χ3n) is 2.33. The first-order chi connectivity index (χ1) is 7.86. The number of rotatable bonds is 3. The fraction of sp³-hybridized carbons (Fsp3) is 0.462. The number of hydrogen-bond acceptors (Lipinski definition) is 3. The van der Waals surface area contributed by atoms with Crippen LogP contribution in [0.3, 0.4) is 0 Å². The van der Waals surface area contributed by atoms with Gasteiger partial charge in [-0.1, -0.05) is 55.9 Å². The van der Waals surface area contributed by atoms with Crippen molar-refractivity contribution < 1.29 is 4.79 Å². The summed E-state index contributed by atoms with van der Waals surface area (Å²) in [6, 6.07) is 9.47. The molecule has 1 aliphatic heterocycles. The van der Waals surface area contributed by atoms with Gasteiger partial charge in [-0.2, -0.15) is 0 Å². The maximum Gasteiger partial charge on any atom is 0.219 e. The first-order valence-electron chi connectivity index (χ1n) is 5.79. The van der Waals surface area contributed by atoms with E-state index in [1.807, 2.05) is 44.2 Å². The van der Waals surface area contributed by atoms with Gasteiger partial charge >= 0.3 is 0 Å². The minimum absolute atomic E-state index is 0.192. The van der Waals surface area contributed by atoms with Crippen LogP contribution in [-0.2, 0) is 0 Å². The van der Waals surface area contributed by atoms with Crippen molar-refractivity contribution in [2.75, 3.05) is 18.8 Å². The van der Waals surface area contributed by atoms with E-state index in [0.717, 1.165) is 24.4 Å². The summed E-state index contributed by atoms with van der Waals surface area (Å²) in [6.07, 6.45) is 0. The minimum atomic E-state index is 0.192. The molecule has 0 unspecified atom stereocenters. The molecule has 2 nitrogen and oxygen atoms in total. The molecule has 0 spiro atoms. The molecular formula is C13H19NOS. The molecule has 0 amide bonds. The van der Waals surface area contributed by atoms with Crippen molar-refractivity contribution in [1.29, 1.82) is 0 Å². The molecule has 3 heteroatoms. The maximum absolute atomic E-state index is 11.6. The van der Waals surface area contributed by atoms with E-state index in [-0.39, 0.29) is 5.12 Å². The molecule has 1 aromatic carbocycles. The quantitative estimate of drug-likeness (QED) is 0.876. The van der Waals surface area contributed by atoms with Gasteiger partial charge in [0, 0.05) is 11.3 Å². The number of hydrogen-bond donors (Lipinski definition) is 1. The van der Waals surface area contributed by atoms with E-state index in [0.29, 0.717) is 5.92 Å². The van der Waals surface area contributed by atoms with E-state index in [2.05, 4.69) is 5.32 Å². The van der Waals surface area contributed by atoms with E-state index in [9.17, 15) is 4.79 Å². The van der Waals surface area contributed by atoms with Gasteiger partial charge in [0.2, 0.25) is 5.12 Å². The Bertz CT molecular complexity index is 309. The highest BCUT2D eigenvalue weighted by Gasteiger charge is 2.18. The Morgan fingerprint density at radius 3 is 2.44 bits per heavy atom. The molecule has 1 aliphatic rings. The van der Waals surface area contributed by atoms with Gasteiger partial charge in [0.15, 0.2) is 0 Å². The lowest BCUT2D eigenvalue weighted by Crippen LogP contribution is -2.43. The Balaban J connectivity index is 0.000000606. The van der Waals surface area contributed by atoms with Gasteiger partial charge in [-0.3, -0.25) is 4.79 Å². The van der Waals surface area contributed by atoms with Crippen molar-refractivity contribution in [1.82, 2.24) is 5.32 Å². The van der Waals surface area contributed by atoms with Crippen LogP contribution in [0, 0.1) is 5.92 Å². The molecule has 1 heterocycles. The fourth-order valence-electron chi connectivity index (χ4n) is 1.32. The third-order valence-corrected chi connectivity index (χ3v) is 3.46. The van der Waals surface area contributed by atoms with Crippen molar-refractivity contribution in [2.24, 2.45) is 5.92 Å². The molecule has 2 rings (SSSR count). The average molecular weight is 237 g/mol. The standard InChI is InChI=1S/C11H13NOS.C2H6/c13-11(10-4-2-1-3-5-10)14-8-9-6-12-7-9;1-2/h1-5,9,12H,6-8H2;1-2H3. The summed E-state index contributed by atoms with van der Waals surface area (Å²) in [6.45, 7) is 6.13. The summed E-state index contributed by atoms with van der Waals surface area (Å²) in [5.41, 5.74) is 0.810. The van der Waals surface area contributed by atoms with Gasteiger partial charge in [-0.15, -0.1) is 0 Å². The van der Waals surface area contributed by atoms with Crippen LogP contribution in [0.25, 0.3) is 0 Å². The fourth-order valence-corrected chi connectivity index (χ4v) is 2.24. The molecule has 0 atom stereocenters. The Hall–Kier alpha value is -0.800. The molecule has 88 valence electrons. The van der Waals surface area contributed by atoms with Crippen molar-refractivity contribution >= 4 is 16.9 Å². The highest BCUT2D eigenvalue weighted by Crippen LogP contribution is 2.17. The van der Waals surface area contributed by atoms with Gasteiger partial charge in [0.1, 0.15) is 0 Å². The van der Waals surface area contributed by atoms with E-state index in [1.54, 1.807) is 0 Å². The number of benzene rings is 1. The average Bonchev–Trinajstić information content (AvgIpc) is 2.31. The van der Waals surface area contributed by atoms with Crippen LogP contribution in [-0.4, -0.2) is 24.0 Å². The molecule has 1 N–H and O–H groups in total. The number of nitrogens with one attached hydrogen (secondary N) is 1. The Morgan fingerprint density at radius 1 is 1.31 bits per heavy atom. The Labute approximate surface area is 102 Å². The number of carbonyl (C=O) groups is 1.